The fraction of sp³-hybridized carbons (Fsp3) is 0.600. The minimum atomic E-state index is -4.55. The highest BCUT2D eigenvalue weighted by atomic mass is 19.4. The van der Waals surface area contributed by atoms with Crippen LogP contribution in [-0.2, 0) is 11.2 Å². The molecule has 0 saturated carbocycles. The van der Waals surface area contributed by atoms with Crippen molar-refractivity contribution >= 4 is 5.69 Å². The van der Waals surface area contributed by atoms with Crippen molar-refractivity contribution in [3.63, 3.8) is 0 Å². The minimum Gasteiger partial charge on any atom is -0.369 e. The molecular formula is C15H21F3N2O. The van der Waals surface area contributed by atoms with Gasteiger partial charge in [0.05, 0.1) is 6.61 Å². The van der Waals surface area contributed by atoms with Crippen molar-refractivity contribution in [3.05, 3.63) is 29.3 Å². The van der Waals surface area contributed by atoms with Crippen molar-refractivity contribution in [2.24, 2.45) is 0 Å². The number of halogens is 3. The number of fused-ring (bicyclic) bond motifs is 1. The Balaban J connectivity index is 2.05. The van der Waals surface area contributed by atoms with Gasteiger partial charge in [-0.1, -0.05) is 12.1 Å². The molecule has 1 N–H and O–H groups in total. The molecule has 3 nitrogen and oxygen atoms in total. The highest BCUT2D eigenvalue weighted by Gasteiger charge is 2.29. The number of alkyl halides is 3. The van der Waals surface area contributed by atoms with Crippen molar-refractivity contribution in [1.29, 1.82) is 0 Å². The Morgan fingerprint density at radius 2 is 2.14 bits per heavy atom. The maximum absolute atomic E-state index is 12.0. The molecule has 0 fully saturated rings. The number of hydrogen-bond donors (Lipinski definition) is 1. The van der Waals surface area contributed by atoms with Crippen LogP contribution in [0.5, 0.6) is 0 Å². The van der Waals surface area contributed by atoms with Crippen LogP contribution in [0.4, 0.5) is 18.9 Å². The summed E-state index contributed by atoms with van der Waals surface area (Å²) in [5, 5.41) is 3.19. The predicted molar refractivity (Wildman–Crippen MR) is 76.5 cm³/mol. The standard InChI is InChI=1S/C15H21F3N2O/c1-11(19-2)12-5-6-14-13(10-12)4-3-7-20(14)8-9-21-15(16,17)18/h5-6,10-11,19H,3-4,7-9H2,1-2H3. The second-order valence-corrected chi connectivity index (χ2v) is 5.28. The summed E-state index contributed by atoms with van der Waals surface area (Å²) in [6.45, 7) is 2.78. The molecule has 0 spiro atoms. The molecule has 118 valence electrons. The number of hydrogen-bond acceptors (Lipinski definition) is 3. The fourth-order valence-corrected chi connectivity index (χ4v) is 2.63. The van der Waals surface area contributed by atoms with Crippen molar-refractivity contribution in [2.75, 3.05) is 31.6 Å². The molecule has 21 heavy (non-hydrogen) atoms. The summed E-state index contributed by atoms with van der Waals surface area (Å²) in [6.07, 6.45) is -2.63. The van der Waals surface area contributed by atoms with E-state index in [0.29, 0.717) is 0 Å². The largest absolute Gasteiger partial charge is 0.522 e. The van der Waals surface area contributed by atoms with E-state index in [-0.39, 0.29) is 19.2 Å². The Bertz CT molecular complexity index is 476. The summed E-state index contributed by atoms with van der Waals surface area (Å²) >= 11 is 0. The van der Waals surface area contributed by atoms with Gasteiger partial charge in [-0.3, -0.25) is 4.74 Å². The van der Waals surface area contributed by atoms with Crippen molar-refractivity contribution < 1.29 is 17.9 Å². The lowest BCUT2D eigenvalue weighted by Gasteiger charge is -2.32. The topological polar surface area (TPSA) is 24.5 Å². The lowest BCUT2D eigenvalue weighted by Crippen LogP contribution is -2.34. The van der Waals surface area contributed by atoms with Gasteiger partial charge in [0.15, 0.2) is 0 Å². The summed E-state index contributed by atoms with van der Waals surface area (Å²) < 4.78 is 40.0. The van der Waals surface area contributed by atoms with Crippen LogP contribution in [0.2, 0.25) is 0 Å². The van der Waals surface area contributed by atoms with Gasteiger partial charge in [0.2, 0.25) is 0 Å². The quantitative estimate of drug-likeness (QED) is 0.903. The molecule has 0 aliphatic carbocycles. The number of nitrogens with one attached hydrogen (secondary N) is 1. The highest BCUT2D eigenvalue weighted by molar-refractivity contribution is 5.57. The van der Waals surface area contributed by atoms with Gasteiger partial charge in [0.1, 0.15) is 0 Å². The Morgan fingerprint density at radius 1 is 1.38 bits per heavy atom. The number of nitrogens with zero attached hydrogens (tertiary/aromatic N) is 1. The molecule has 1 aromatic rings. The zero-order chi connectivity index (χ0) is 15.5. The maximum atomic E-state index is 12.0. The van der Waals surface area contributed by atoms with E-state index in [1.165, 1.54) is 11.1 Å². The zero-order valence-corrected chi connectivity index (χ0v) is 12.3. The van der Waals surface area contributed by atoms with Gasteiger partial charge >= 0.3 is 6.36 Å². The monoisotopic (exact) mass is 302 g/mol. The Labute approximate surface area is 123 Å². The first-order valence-electron chi connectivity index (χ1n) is 7.16. The number of aryl methyl sites for hydroxylation is 1. The van der Waals surface area contributed by atoms with Crippen molar-refractivity contribution in [2.45, 2.75) is 32.2 Å². The van der Waals surface area contributed by atoms with Crippen LogP contribution in [0, 0.1) is 0 Å². The predicted octanol–water partition coefficient (Wildman–Crippen LogP) is 3.26. The third kappa shape index (κ3) is 4.35. The second-order valence-electron chi connectivity index (χ2n) is 5.28. The Kier molecular flexibility index (Phi) is 5.11. The molecule has 1 aliphatic rings. The van der Waals surface area contributed by atoms with E-state index < -0.39 is 6.36 Å². The van der Waals surface area contributed by atoms with Crippen LogP contribution >= 0.6 is 0 Å². The smallest absolute Gasteiger partial charge is 0.369 e. The lowest BCUT2D eigenvalue weighted by atomic mass is 9.97. The molecule has 0 bridgehead atoms. The lowest BCUT2D eigenvalue weighted by molar-refractivity contribution is -0.323. The van der Waals surface area contributed by atoms with Crippen LogP contribution in [0.15, 0.2) is 18.2 Å². The first-order valence-corrected chi connectivity index (χ1v) is 7.16. The van der Waals surface area contributed by atoms with Crippen LogP contribution < -0.4 is 10.2 Å². The van der Waals surface area contributed by atoms with E-state index >= 15 is 0 Å². The third-order valence-corrected chi connectivity index (χ3v) is 3.88. The van der Waals surface area contributed by atoms with Gasteiger partial charge in [-0.15, -0.1) is 13.2 Å². The Hall–Kier alpha value is -1.27. The SMILES string of the molecule is CNC(C)c1ccc2c(c1)CCCN2CCOC(F)(F)F. The van der Waals surface area contributed by atoms with Gasteiger partial charge in [0, 0.05) is 24.8 Å². The first-order chi connectivity index (χ1) is 9.90. The molecule has 1 aromatic carbocycles. The molecule has 0 amide bonds. The molecule has 6 heteroatoms. The maximum Gasteiger partial charge on any atom is 0.522 e. The number of rotatable bonds is 5. The van der Waals surface area contributed by atoms with Gasteiger partial charge in [-0.05, 0) is 44.0 Å². The van der Waals surface area contributed by atoms with E-state index in [0.717, 1.165) is 25.1 Å². The summed E-state index contributed by atoms with van der Waals surface area (Å²) in [6, 6.07) is 6.45. The molecule has 1 heterocycles. The summed E-state index contributed by atoms with van der Waals surface area (Å²) in [7, 11) is 1.91. The molecule has 1 unspecified atom stereocenters. The van der Waals surface area contributed by atoms with Gasteiger partial charge in [-0.25, -0.2) is 0 Å². The third-order valence-electron chi connectivity index (χ3n) is 3.88. The van der Waals surface area contributed by atoms with Crippen LogP contribution in [0.3, 0.4) is 0 Å². The summed E-state index contributed by atoms with van der Waals surface area (Å²) in [5.41, 5.74) is 3.43. The van der Waals surface area contributed by atoms with Crippen LogP contribution in [-0.4, -0.2) is 33.1 Å². The average molecular weight is 302 g/mol. The molecule has 0 radical (unpaired) electrons. The van der Waals surface area contributed by atoms with Crippen LogP contribution in [0.1, 0.15) is 30.5 Å². The minimum absolute atomic E-state index is 0.257. The summed E-state index contributed by atoms with van der Waals surface area (Å²) in [4.78, 5) is 1.97. The van der Waals surface area contributed by atoms with Gasteiger partial charge < -0.3 is 10.2 Å². The molecule has 0 saturated heterocycles. The molecule has 1 atom stereocenters. The zero-order valence-electron chi connectivity index (χ0n) is 12.3. The van der Waals surface area contributed by atoms with Crippen molar-refractivity contribution in [1.82, 2.24) is 5.32 Å². The Morgan fingerprint density at radius 3 is 2.81 bits per heavy atom. The molecular weight excluding hydrogens is 281 g/mol. The normalized spacial score (nSPS) is 16.7. The first kappa shape index (κ1) is 16.1. The van der Waals surface area contributed by atoms with E-state index in [1.54, 1.807) is 0 Å². The molecule has 1 aliphatic heterocycles. The van der Waals surface area contributed by atoms with Gasteiger partial charge in [-0.2, -0.15) is 0 Å². The summed E-state index contributed by atoms with van der Waals surface area (Å²) in [5.74, 6) is 0. The second kappa shape index (κ2) is 6.66. The van der Waals surface area contributed by atoms with E-state index in [9.17, 15) is 13.2 Å². The molecule has 2 rings (SSSR count). The van der Waals surface area contributed by atoms with E-state index in [4.69, 9.17) is 0 Å². The molecule has 0 aromatic heterocycles. The van der Waals surface area contributed by atoms with E-state index in [2.05, 4.69) is 23.0 Å². The van der Waals surface area contributed by atoms with Gasteiger partial charge in [0.25, 0.3) is 0 Å². The average Bonchev–Trinajstić information content (AvgIpc) is 2.44. The fourth-order valence-electron chi connectivity index (χ4n) is 2.63. The van der Waals surface area contributed by atoms with Crippen molar-refractivity contribution in [3.8, 4) is 0 Å². The number of anilines is 1. The van der Waals surface area contributed by atoms with Crippen LogP contribution in [0.25, 0.3) is 0 Å². The number of benzene rings is 1. The number of ether oxygens (including phenoxy) is 1. The highest BCUT2D eigenvalue weighted by Crippen LogP contribution is 2.29. The van der Waals surface area contributed by atoms with E-state index in [1.807, 2.05) is 24.1 Å².